The van der Waals surface area contributed by atoms with Crippen LogP contribution >= 0.6 is 11.3 Å². The summed E-state index contributed by atoms with van der Waals surface area (Å²) in [4.78, 5) is 7.50. The average Bonchev–Trinajstić information content (AvgIpc) is 2.99. The van der Waals surface area contributed by atoms with Gasteiger partial charge in [-0.3, -0.25) is 4.40 Å². The number of benzene rings is 1. The highest BCUT2D eigenvalue weighted by molar-refractivity contribution is 7.15. The first-order chi connectivity index (χ1) is 9.63. The molecular formula is C15H17N3OS. The molecule has 2 aromatic heterocycles. The van der Waals surface area contributed by atoms with Gasteiger partial charge in [-0.1, -0.05) is 12.1 Å². The number of anilines is 1. The number of imidazole rings is 1. The fourth-order valence-electron chi connectivity index (χ4n) is 2.20. The van der Waals surface area contributed by atoms with E-state index in [1.807, 2.05) is 65.4 Å². The van der Waals surface area contributed by atoms with Crippen molar-refractivity contribution in [2.75, 3.05) is 19.0 Å². The van der Waals surface area contributed by atoms with Gasteiger partial charge in [0.05, 0.1) is 11.8 Å². The molecule has 0 aliphatic heterocycles. The van der Waals surface area contributed by atoms with E-state index >= 15 is 0 Å². The van der Waals surface area contributed by atoms with E-state index in [9.17, 15) is 5.11 Å². The zero-order valence-electron chi connectivity index (χ0n) is 11.5. The van der Waals surface area contributed by atoms with Crippen LogP contribution in [0.3, 0.4) is 0 Å². The summed E-state index contributed by atoms with van der Waals surface area (Å²) in [6.45, 7) is 0. The standard InChI is InChI=1S/C15H17N3OS/c1-17(2)13-5-3-4-11(8-13)14(19)9-12-10-18-6-7-20-15(18)16-12/h3-8,10,14,19H,9H2,1-2H3. The quantitative estimate of drug-likeness (QED) is 0.802. The molecule has 1 unspecified atom stereocenters. The van der Waals surface area contributed by atoms with Crippen molar-refractivity contribution >= 4 is 22.0 Å². The highest BCUT2D eigenvalue weighted by Crippen LogP contribution is 2.23. The second kappa shape index (κ2) is 5.26. The molecule has 0 saturated carbocycles. The van der Waals surface area contributed by atoms with E-state index in [-0.39, 0.29) is 0 Å². The SMILES string of the molecule is CN(C)c1cccc(C(O)Cc2cn3ccsc3n2)c1. The number of aliphatic hydroxyl groups is 1. The van der Waals surface area contributed by atoms with Crippen molar-refractivity contribution in [2.45, 2.75) is 12.5 Å². The van der Waals surface area contributed by atoms with Gasteiger partial charge in [-0.15, -0.1) is 11.3 Å². The van der Waals surface area contributed by atoms with Crippen molar-refractivity contribution in [1.29, 1.82) is 0 Å². The van der Waals surface area contributed by atoms with Gasteiger partial charge in [0, 0.05) is 44.0 Å². The number of fused-ring (bicyclic) bond motifs is 1. The van der Waals surface area contributed by atoms with Crippen LogP contribution in [0.25, 0.3) is 4.96 Å². The number of hydrogen-bond donors (Lipinski definition) is 1. The number of rotatable bonds is 4. The summed E-state index contributed by atoms with van der Waals surface area (Å²) < 4.78 is 1.99. The molecule has 0 saturated heterocycles. The van der Waals surface area contributed by atoms with Gasteiger partial charge in [0.1, 0.15) is 0 Å². The third-order valence-electron chi connectivity index (χ3n) is 3.32. The highest BCUT2D eigenvalue weighted by Gasteiger charge is 2.12. The molecule has 0 radical (unpaired) electrons. The van der Waals surface area contributed by atoms with Crippen LogP contribution in [-0.2, 0) is 6.42 Å². The van der Waals surface area contributed by atoms with Gasteiger partial charge in [-0.05, 0) is 17.7 Å². The Hall–Kier alpha value is -1.85. The zero-order valence-corrected chi connectivity index (χ0v) is 12.3. The molecule has 1 aromatic carbocycles. The molecule has 0 spiro atoms. The third-order valence-corrected chi connectivity index (χ3v) is 4.09. The molecular weight excluding hydrogens is 270 g/mol. The molecule has 20 heavy (non-hydrogen) atoms. The second-order valence-electron chi connectivity index (χ2n) is 5.03. The predicted molar refractivity (Wildman–Crippen MR) is 82.5 cm³/mol. The molecule has 1 N–H and O–H groups in total. The summed E-state index contributed by atoms with van der Waals surface area (Å²) in [7, 11) is 3.99. The first-order valence-corrected chi connectivity index (χ1v) is 7.38. The van der Waals surface area contributed by atoms with E-state index in [1.165, 1.54) is 0 Å². The van der Waals surface area contributed by atoms with Gasteiger partial charge in [-0.25, -0.2) is 4.98 Å². The topological polar surface area (TPSA) is 40.8 Å². The van der Waals surface area contributed by atoms with Gasteiger partial charge < -0.3 is 10.0 Å². The van der Waals surface area contributed by atoms with Gasteiger partial charge >= 0.3 is 0 Å². The summed E-state index contributed by atoms with van der Waals surface area (Å²) >= 11 is 1.60. The van der Waals surface area contributed by atoms with Crippen LogP contribution in [0.5, 0.6) is 0 Å². The average molecular weight is 287 g/mol. The Morgan fingerprint density at radius 2 is 2.25 bits per heavy atom. The lowest BCUT2D eigenvalue weighted by Crippen LogP contribution is -2.10. The lowest BCUT2D eigenvalue weighted by Gasteiger charge is -2.16. The normalized spacial score (nSPS) is 12.8. The van der Waals surface area contributed by atoms with Crippen molar-refractivity contribution in [2.24, 2.45) is 0 Å². The first-order valence-electron chi connectivity index (χ1n) is 6.50. The van der Waals surface area contributed by atoms with Crippen LogP contribution in [0, 0.1) is 0 Å². The third kappa shape index (κ3) is 2.55. The van der Waals surface area contributed by atoms with Crippen molar-refractivity contribution in [3.63, 3.8) is 0 Å². The van der Waals surface area contributed by atoms with Crippen molar-refractivity contribution in [3.05, 3.63) is 53.3 Å². The van der Waals surface area contributed by atoms with Crippen LogP contribution in [0.4, 0.5) is 5.69 Å². The van der Waals surface area contributed by atoms with E-state index in [0.717, 1.165) is 21.9 Å². The minimum atomic E-state index is -0.528. The molecule has 4 nitrogen and oxygen atoms in total. The van der Waals surface area contributed by atoms with Crippen LogP contribution in [0.2, 0.25) is 0 Å². The lowest BCUT2D eigenvalue weighted by atomic mass is 10.0. The molecule has 3 rings (SSSR count). The first kappa shape index (κ1) is 13.1. The molecule has 3 aromatic rings. The predicted octanol–water partition coefficient (Wildman–Crippen LogP) is 2.74. The Balaban J connectivity index is 1.80. The maximum Gasteiger partial charge on any atom is 0.193 e. The number of hydrogen-bond acceptors (Lipinski definition) is 4. The fraction of sp³-hybridized carbons (Fsp3) is 0.267. The number of nitrogens with zero attached hydrogens (tertiary/aromatic N) is 3. The Labute approximate surface area is 121 Å². The molecule has 2 heterocycles. The largest absolute Gasteiger partial charge is 0.388 e. The van der Waals surface area contributed by atoms with Crippen LogP contribution in [0.1, 0.15) is 17.4 Å². The maximum atomic E-state index is 10.4. The molecule has 0 fully saturated rings. The van der Waals surface area contributed by atoms with Gasteiger partial charge in [0.2, 0.25) is 0 Å². The molecule has 0 bridgehead atoms. The minimum Gasteiger partial charge on any atom is -0.388 e. The molecule has 5 heteroatoms. The van der Waals surface area contributed by atoms with Crippen molar-refractivity contribution < 1.29 is 5.11 Å². The Morgan fingerprint density at radius 1 is 1.40 bits per heavy atom. The van der Waals surface area contributed by atoms with Crippen LogP contribution in [-0.4, -0.2) is 28.6 Å². The Bertz CT molecular complexity index is 688. The summed E-state index contributed by atoms with van der Waals surface area (Å²) in [5.74, 6) is 0. The second-order valence-corrected chi connectivity index (χ2v) is 5.91. The summed E-state index contributed by atoms with van der Waals surface area (Å²) in [6, 6.07) is 7.97. The molecule has 104 valence electrons. The maximum absolute atomic E-state index is 10.4. The smallest absolute Gasteiger partial charge is 0.193 e. The number of aliphatic hydroxyl groups excluding tert-OH is 1. The van der Waals surface area contributed by atoms with Gasteiger partial charge in [0.25, 0.3) is 0 Å². The van der Waals surface area contributed by atoms with E-state index in [0.29, 0.717) is 6.42 Å². The minimum absolute atomic E-state index is 0.528. The molecule has 0 amide bonds. The molecule has 0 aliphatic carbocycles. The highest BCUT2D eigenvalue weighted by atomic mass is 32.1. The molecule has 0 aliphatic rings. The Morgan fingerprint density at radius 3 is 3.00 bits per heavy atom. The molecule has 1 atom stereocenters. The zero-order chi connectivity index (χ0) is 14.1. The van der Waals surface area contributed by atoms with E-state index in [1.54, 1.807) is 11.3 Å². The Kier molecular flexibility index (Phi) is 3.46. The van der Waals surface area contributed by atoms with Gasteiger partial charge in [0.15, 0.2) is 4.96 Å². The van der Waals surface area contributed by atoms with E-state index in [4.69, 9.17) is 0 Å². The van der Waals surface area contributed by atoms with E-state index < -0.39 is 6.10 Å². The summed E-state index contributed by atoms with van der Waals surface area (Å²) in [5, 5.41) is 12.4. The summed E-state index contributed by atoms with van der Waals surface area (Å²) in [5.41, 5.74) is 2.93. The van der Waals surface area contributed by atoms with Crippen molar-refractivity contribution in [3.8, 4) is 0 Å². The lowest BCUT2D eigenvalue weighted by molar-refractivity contribution is 0.177. The van der Waals surface area contributed by atoms with E-state index in [2.05, 4.69) is 4.98 Å². The number of thiazole rings is 1. The van der Waals surface area contributed by atoms with Crippen LogP contribution < -0.4 is 4.90 Å². The number of aromatic nitrogens is 2. The van der Waals surface area contributed by atoms with Gasteiger partial charge in [-0.2, -0.15) is 0 Å². The fourth-order valence-corrected chi connectivity index (χ4v) is 2.92. The summed E-state index contributed by atoms with van der Waals surface area (Å²) in [6.07, 6.45) is 3.96. The monoisotopic (exact) mass is 287 g/mol. The van der Waals surface area contributed by atoms with Crippen LogP contribution in [0.15, 0.2) is 42.0 Å². The van der Waals surface area contributed by atoms with Crippen molar-refractivity contribution in [1.82, 2.24) is 9.38 Å².